The molecule has 0 amide bonds. The Labute approximate surface area is 207 Å². The summed E-state index contributed by atoms with van der Waals surface area (Å²) in [6.07, 6.45) is 16.0. The van der Waals surface area contributed by atoms with Gasteiger partial charge in [0.25, 0.3) is 0 Å². The summed E-state index contributed by atoms with van der Waals surface area (Å²) < 4.78 is 16.4. The van der Waals surface area contributed by atoms with Crippen molar-refractivity contribution in [2.45, 2.75) is 123 Å². The van der Waals surface area contributed by atoms with E-state index in [0.29, 0.717) is 32.5 Å². The minimum Gasteiger partial charge on any atom is -0.465 e. The molecule has 1 saturated carbocycles. The highest BCUT2D eigenvalue weighted by molar-refractivity contribution is 5.88. The molecule has 0 heterocycles. The molecule has 0 aliphatic heterocycles. The molecule has 0 radical (unpaired) electrons. The lowest BCUT2D eigenvalue weighted by molar-refractivity contribution is -0.188. The van der Waals surface area contributed by atoms with Gasteiger partial charge in [-0.2, -0.15) is 0 Å². The second kappa shape index (κ2) is 17.6. The van der Waals surface area contributed by atoms with E-state index in [9.17, 15) is 14.4 Å². The van der Waals surface area contributed by atoms with Crippen molar-refractivity contribution in [3.63, 3.8) is 0 Å². The van der Waals surface area contributed by atoms with Gasteiger partial charge in [0.1, 0.15) is 0 Å². The van der Waals surface area contributed by atoms with E-state index in [1.165, 1.54) is 51.4 Å². The van der Waals surface area contributed by atoms with E-state index >= 15 is 0 Å². The van der Waals surface area contributed by atoms with Crippen molar-refractivity contribution in [1.82, 2.24) is 0 Å². The molecule has 0 N–H and O–H groups in total. The van der Waals surface area contributed by atoms with Crippen molar-refractivity contribution in [3.8, 4) is 0 Å². The van der Waals surface area contributed by atoms with Gasteiger partial charge in [0.2, 0.25) is 5.60 Å². The average Bonchev–Trinajstić information content (AvgIpc) is 2.83. The molecule has 6 heteroatoms. The minimum absolute atomic E-state index is 0.0978. The second-order valence-electron chi connectivity index (χ2n) is 10.1. The lowest BCUT2D eigenvalue weighted by Gasteiger charge is -2.37. The van der Waals surface area contributed by atoms with Crippen LogP contribution in [0.1, 0.15) is 117 Å². The minimum atomic E-state index is -1.44. The molecule has 0 bridgehead atoms. The fourth-order valence-corrected chi connectivity index (χ4v) is 4.42. The van der Waals surface area contributed by atoms with Gasteiger partial charge < -0.3 is 14.2 Å². The molecule has 196 valence electrons. The average molecular weight is 481 g/mol. The Balaban J connectivity index is 2.43. The molecular formula is C28H48O6. The van der Waals surface area contributed by atoms with Gasteiger partial charge >= 0.3 is 17.9 Å². The summed E-state index contributed by atoms with van der Waals surface area (Å²) in [5.41, 5.74) is -1.44. The van der Waals surface area contributed by atoms with Gasteiger partial charge in [-0.1, -0.05) is 91.6 Å². The maximum absolute atomic E-state index is 13.0. The molecule has 0 saturated heterocycles. The first-order valence-corrected chi connectivity index (χ1v) is 13.5. The third-order valence-corrected chi connectivity index (χ3v) is 6.42. The van der Waals surface area contributed by atoms with Crippen LogP contribution in [-0.2, 0) is 28.6 Å². The normalized spacial score (nSPS) is 20.1. The molecule has 2 unspecified atom stereocenters. The van der Waals surface area contributed by atoms with E-state index in [-0.39, 0.29) is 18.3 Å². The third-order valence-electron chi connectivity index (χ3n) is 6.42. The van der Waals surface area contributed by atoms with Crippen molar-refractivity contribution >= 4 is 17.9 Å². The molecule has 2 atom stereocenters. The Kier molecular flexibility index (Phi) is 15.6. The quantitative estimate of drug-likeness (QED) is 0.0940. The SMILES string of the molecule is C=CC(=O)OC1(C(=O)OCCCCCCCCCCCCC)CCCC(C(=O)OCC(C)C)C1. The molecule has 6 nitrogen and oxygen atoms in total. The summed E-state index contributed by atoms with van der Waals surface area (Å²) in [6, 6.07) is 0. The molecule has 0 aromatic rings. The first kappa shape index (κ1) is 30.2. The predicted octanol–water partition coefficient (Wildman–Crippen LogP) is 6.70. The Morgan fingerprint density at radius 2 is 1.53 bits per heavy atom. The van der Waals surface area contributed by atoms with Crippen LogP contribution in [0.15, 0.2) is 12.7 Å². The van der Waals surface area contributed by atoms with Crippen molar-refractivity contribution in [3.05, 3.63) is 12.7 Å². The lowest BCUT2D eigenvalue weighted by atomic mass is 9.77. The molecule has 0 spiro atoms. The van der Waals surface area contributed by atoms with Crippen LogP contribution in [0.4, 0.5) is 0 Å². The number of rotatable bonds is 18. The molecular weight excluding hydrogens is 432 g/mol. The molecule has 1 aliphatic carbocycles. The largest absolute Gasteiger partial charge is 0.465 e. The van der Waals surface area contributed by atoms with Gasteiger partial charge in [-0.3, -0.25) is 4.79 Å². The number of carbonyl (C=O) groups is 3. The molecule has 1 fully saturated rings. The van der Waals surface area contributed by atoms with Gasteiger partial charge in [0.15, 0.2) is 0 Å². The van der Waals surface area contributed by atoms with Crippen molar-refractivity contribution in [2.24, 2.45) is 11.8 Å². The van der Waals surface area contributed by atoms with E-state index in [1.807, 2.05) is 13.8 Å². The van der Waals surface area contributed by atoms with Gasteiger partial charge in [-0.25, -0.2) is 9.59 Å². The van der Waals surface area contributed by atoms with E-state index in [2.05, 4.69) is 13.5 Å². The highest BCUT2D eigenvalue weighted by atomic mass is 16.6. The summed E-state index contributed by atoms with van der Waals surface area (Å²) in [5, 5.41) is 0. The fraction of sp³-hybridized carbons (Fsp3) is 0.821. The van der Waals surface area contributed by atoms with Crippen molar-refractivity contribution < 1.29 is 28.6 Å². The molecule has 1 aliphatic rings. The highest BCUT2D eigenvalue weighted by Crippen LogP contribution is 2.37. The number of unbranched alkanes of at least 4 members (excludes halogenated alkanes) is 10. The van der Waals surface area contributed by atoms with Crippen LogP contribution < -0.4 is 0 Å². The number of carbonyl (C=O) groups excluding carboxylic acids is 3. The van der Waals surface area contributed by atoms with Crippen LogP contribution in [0, 0.1) is 11.8 Å². The van der Waals surface area contributed by atoms with Gasteiger partial charge in [0.05, 0.1) is 19.1 Å². The number of hydrogen-bond donors (Lipinski definition) is 0. The fourth-order valence-electron chi connectivity index (χ4n) is 4.42. The van der Waals surface area contributed by atoms with E-state index in [4.69, 9.17) is 14.2 Å². The summed E-state index contributed by atoms with van der Waals surface area (Å²) in [5.74, 6) is -1.84. The van der Waals surface area contributed by atoms with Gasteiger partial charge in [-0.05, 0) is 31.6 Å². The van der Waals surface area contributed by atoms with Gasteiger partial charge in [0, 0.05) is 12.5 Å². The van der Waals surface area contributed by atoms with Crippen LogP contribution >= 0.6 is 0 Å². The molecule has 0 aromatic heterocycles. The topological polar surface area (TPSA) is 78.9 Å². The zero-order valence-corrected chi connectivity index (χ0v) is 21.9. The van der Waals surface area contributed by atoms with Crippen molar-refractivity contribution in [1.29, 1.82) is 0 Å². The summed E-state index contributed by atoms with van der Waals surface area (Å²) >= 11 is 0. The van der Waals surface area contributed by atoms with E-state index in [0.717, 1.165) is 25.3 Å². The van der Waals surface area contributed by atoms with E-state index in [1.54, 1.807) is 0 Å². The lowest BCUT2D eigenvalue weighted by Crippen LogP contribution is -2.49. The number of esters is 3. The maximum Gasteiger partial charge on any atom is 0.350 e. The Bertz CT molecular complexity index is 614. The first-order chi connectivity index (χ1) is 16.3. The number of ether oxygens (including phenoxy) is 3. The first-order valence-electron chi connectivity index (χ1n) is 13.5. The summed E-state index contributed by atoms with van der Waals surface area (Å²) in [4.78, 5) is 37.5. The molecule has 1 rings (SSSR count). The second-order valence-corrected chi connectivity index (χ2v) is 10.1. The maximum atomic E-state index is 13.0. The standard InChI is InChI=1S/C28H48O6/c1-5-7-8-9-10-11-12-13-14-15-16-20-32-27(31)28(34-25(29)6-2)19-17-18-24(21-28)26(30)33-22-23(3)4/h6,23-24H,2,5,7-22H2,1,3-4H3. The zero-order chi connectivity index (χ0) is 25.2. The number of hydrogen-bond acceptors (Lipinski definition) is 6. The van der Waals surface area contributed by atoms with Gasteiger partial charge in [-0.15, -0.1) is 0 Å². The zero-order valence-electron chi connectivity index (χ0n) is 21.9. The molecule has 34 heavy (non-hydrogen) atoms. The van der Waals surface area contributed by atoms with Crippen LogP contribution in [0.2, 0.25) is 0 Å². The Hall–Kier alpha value is -1.85. The Morgan fingerprint density at radius 1 is 0.941 bits per heavy atom. The monoisotopic (exact) mass is 480 g/mol. The van der Waals surface area contributed by atoms with E-state index < -0.39 is 23.5 Å². The molecule has 0 aromatic carbocycles. The Morgan fingerprint density at radius 3 is 2.09 bits per heavy atom. The van der Waals surface area contributed by atoms with Crippen LogP contribution in [0.5, 0.6) is 0 Å². The highest BCUT2D eigenvalue weighted by Gasteiger charge is 2.49. The van der Waals surface area contributed by atoms with Crippen LogP contribution in [0.3, 0.4) is 0 Å². The predicted molar refractivity (Wildman–Crippen MR) is 134 cm³/mol. The van der Waals surface area contributed by atoms with Crippen molar-refractivity contribution in [2.75, 3.05) is 13.2 Å². The van der Waals surface area contributed by atoms with Crippen LogP contribution in [0.25, 0.3) is 0 Å². The smallest absolute Gasteiger partial charge is 0.350 e. The summed E-state index contributed by atoms with van der Waals surface area (Å²) in [7, 11) is 0. The third kappa shape index (κ3) is 12.0. The summed E-state index contributed by atoms with van der Waals surface area (Å²) in [6.45, 7) is 10.2. The van der Waals surface area contributed by atoms with Crippen LogP contribution in [-0.4, -0.2) is 36.7 Å².